The zero-order valence-electron chi connectivity index (χ0n) is 21.5. The molecule has 8 heteroatoms. The van der Waals surface area contributed by atoms with Crippen molar-refractivity contribution in [1.29, 1.82) is 0 Å². The number of aromatic nitrogens is 1. The minimum Gasteiger partial charge on any atom is -0.486 e. The van der Waals surface area contributed by atoms with Gasteiger partial charge in [-0.3, -0.25) is 19.5 Å². The maximum atomic E-state index is 13.6. The number of aliphatic hydroxyl groups excluding tert-OH is 1. The Hall–Kier alpha value is -3.75. The molecule has 3 aromatic rings. The molecule has 2 N–H and O–H groups in total. The molecule has 2 amide bonds. The third kappa shape index (κ3) is 6.34. The van der Waals surface area contributed by atoms with E-state index in [9.17, 15) is 14.7 Å². The molecule has 3 atom stereocenters. The van der Waals surface area contributed by atoms with Gasteiger partial charge in [-0.05, 0) is 43.8 Å². The van der Waals surface area contributed by atoms with Gasteiger partial charge in [-0.1, -0.05) is 43.3 Å². The first kappa shape index (κ1) is 26.3. The van der Waals surface area contributed by atoms with E-state index in [1.165, 1.54) is 5.56 Å². The van der Waals surface area contributed by atoms with Crippen LogP contribution in [0, 0.1) is 5.92 Å². The Morgan fingerprint density at radius 2 is 1.89 bits per heavy atom. The summed E-state index contributed by atoms with van der Waals surface area (Å²) < 4.78 is 6.58. The molecule has 0 saturated heterocycles. The summed E-state index contributed by atoms with van der Waals surface area (Å²) in [6, 6.07) is 18.3. The Bertz CT molecular complexity index is 1210. The van der Waals surface area contributed by atoms with Gasteiger partial charge >= 0.3 is 0 Å². The first-order chi connectivity index (χ1) is 17.9. The monoisotopic (exact) mass is 502 g/mol. The number of hydrogen-bond donors (Lipinski definition) is 2. The van der Waals surface area contributed by atoms with Crippen LogP contribution in [0.4, 0.5) is 5.69 Å². The van der Waals surface area contributed by atoms with Crippen molar-refractivity contribution in [3.05, 3.63) is 89.7 Å². The van der Waals surface area contributed by atoms with Crippen LogP contribution in [0.5, 0.6) is 5.75 Å². The fourth-order valence-electron chi connectivity index (χ4n) is 4.52. The second-order valence-corrected chi connectivity index (χ2v) is 9.68. The standard InChI is InChI=1S/C29H34N4O4/c1-20-16-33(21(2)19-34)29(36)24-10-7-11-25(31-28(35)23-12-14-30-15-13-23)27(24)37-26(20)18-32(3)17-22-8-5-4-6-9-22/h4-15,20-21,26,34H,16-19H2,1-3H3,(H,31,35)/t20-,21-,26+/m1/s1. The number of para-hydroxylation sites is 1. The number of ether oxygens (including phenoxy) is 1. The van der Waals surface area contributed by atoms with Crippen LogP contribution in [0.3, 0.4) is 0 Å². The first-order valence-electron chi connectivity index (χ1n) is 12.5. The van der Waals surface area contributed by atoms with Gasteiger partial charge in [-0.2, -0.15) is 0 Å². The molecule has 1 aromatic heterocycles. The third-order valence-electron chi connectivity index (χ3n) is 6.67. The molecule has 0 spiro atoms. The van der Waals surface area contributed by atoms with E-state index in [-0.39, 0.29) is 36.5 Å². The zero-order chi connectivity index (χ0) is 26.4. The molecule has 0 unspecified atom stereocenters. The highest BCUT2D eigenvalue weighted by molar-refractivity contribution is 6.07. The average molecular weight is 503 g/mol. The van der Waals surface area contributed by atoms with E-state index in [0.717, 1.165) is 6.54 Å². The quantitative estimate of drug-likeness (QED) is 0.488. The summed E-state index contributed by atoms with van der Waals surface area (Å²) in [5, 5.41) is 12.8. The van der Waals surface area contributed by atoms with Crippen molar-refractivity contribution in [2.45, 2.75) is 32.5 Å². The van der Waals surface area contributed by atoms with E-state index in [2.05, 4.69) is 34.3 Å². The Balaban J connectivity index is 1.67. The van der Waals surface area contributed by atoms with E-state index < -0.39 is 0 Å². The summed E-state index contributed by atoms with van der Waals surface area (Å²) in [6.45, 7) is 5.53. The molecule has 0 radical (unpaired) electrons. The number of benzene rings is 2. The zero-order valence-corrected chi connectivity index (χ0v) is 21.5. The number of carbonyl (C=O) groups excluding carboxylic acids is 2. The second-order valence-electron chi connectivity index (χ2n) is 9.68. The van der Waals surface area contributed by atoms with Crippen molar-refractivity contribution in [3.63, 3.8) is 0 Å². The number of amides is 2. The number of aliphatic hydroxyl groups is 1. The Morgan fingerprint density at radius 1 is 1.16 bits per heavy atom. The number of nitrogens with zero attached hydrogens (tertiary/aromatic N) is 3. The molecule has 37 heavy (non-hydrogen) atoms. The molecular formula is C29H34N4O4. The highest BCUT2D eigenvalue weighted by Crippen LogP contribution is 2.35. The van der Waals surface area contributed by atoms with Crippen LogP contribution in [0.1, 0.15) is 40.1 Å². The van der Waals surface area contributed by atoms with Gasteiger partial charge in [0.2, 0.25) is 0 Å². The van der Waals surface area contributed by atoms with Gasteiger partial charge in [0.25, 0.3) is 11.8 Å². The van der Waals surface area contributed by atoms with Crippen molar-refractivity contribution < 1.29 is 19.4 Å². The fourth-order valence-corrected chi connectivity index (χ4v) is 4.52. The number of anilines is 1. The average Bonchev–Trinajstić information content (AvgIpc) is 2.91. The molecular weight excluding hydrogens is 468 g/mol. The first-order valence-corrected chi connectivity index (χ1v) is 12.5. The third-order valence-corrected chi connectivity index (χ3v) is 6.67. The van der Waals surface area contributed by atoms with Crippen molar-refractivity contribution in [2.24, 2.45) is 5.92 Å². The van der Waals surface area contributed by atoms with Gasteiger partial charge in [-0.15, -0.1) is 0 Å². The fraction of sp³-hybridized carbons (Fsp3) is 0.345. The lowest BCUT2D eigenvalue weighted by atomic mass is 9.98. The second kappa shape index (κ2) is 12.0. The normalized spacial score (nSPS) is 18.4. The molecule has 4 rings (SSSR count). The lowest BCUT2D eigenvalue weighted by Crippen LogP contribution is -2.49. The predicted octanol–water partition coefficient (Wildman–Crippen LogP) is 3.69. The molecule has 1 aliphatic rings. The van der Waals surface area contributed by atoms with Crippen LogP contribution in [-0.2, 0) is 6.54 Å². The Kier molecular flexibility index (Phi) is 8.53. The topological polar surface area (TPSA) is 95.0 Å². The summed E-state index contributed by atoms with van der Waals surface area (Å²) in [5.41, 5.74) is 2.43. The number of likely N-dealkylation sites (N-methyl/N-ethyl adjacent to an activating group) is 1. The number of nitrogens with one attached hydrogen (secondary N) is 1. The highest BCUT2D eigenvalue weighted by atomic mass is 16.5. The molecule has 0 aliphatic carbocycles. The van der Waals surface area contributed by atoms with Crippen molar-refractivity contribution >= 4 is 17.5 Å². The van der Waals surface area contributed by atoms with Gasteiger partial charge in [-0.25, -0.2) is 0 Å². The summed E-state index contributed by atoms with van der Waals surface area (Å²) in [6.07, 6.45) is 2.84. The molecule has 2 heterocycles. The van der Waals surface area contributed by atoms with Crippen LogP contribution >= 0.6 is 0 Å². The molecule has 0 bridgehead atoms. The van der Waals surface area contributed by atoms with Crippen LogP contribution in [0.25, 0.3) is 0 Å². The van der Waals surface area contributed by atoms with Crippen molar-refractivity contribution in [3.8, 4) is 5.75 Å². The van der Waals surface area contributed by atoms with Gasteiger partial charge in [0.15, 0.2) is 5.75 Å². The Morgan fingerprint density at radius 3 is 2.59 bits per heavy atom. The minimum atomic E-state index is -0.362. The number of rotatable bonds is 8. The lowest BCUT2D eigenvalue weighted by molar-refractivity contribution is 0.0343. The van der Waals surface area contributed by atoms with Crippen LogP contribution < -0.4 is 10.1 Å². The molecule has 1 aliphatic heterocycles. The molecule has 194 valence electrons. The smallest absolute Gasteiger partial charge is 0.258 e. The summed E-state index contributed by atoms with van der Waals surface area (Å²) in [4.78, 5) is 34.4. The predicted molar refractivity (Wildman–Crippen MR) is 143 cm³/mol. The number of hydrogen-bond acceptors (Lipinski definition) is 6. The Labute approximate surface area is 217 Å². The van der Waals surface area contributed by atoms with E-state index in [1.807, 2.05) is 32.2 Å². The SMILES string of the molecule is C[C@@H]1CN([C@H](C)CO)C(=O)c2cccc(NC(=O)c3ccncc3)c2O[C@H]1CN(C)Cc1ccccc1. The summed E-state index contributed by atoms with van der Waals surface area (Å²) >= 11 is 0. The number of pyridine rings is 1. The van der Waals surface area contributed by atoms with E-state index in [1.54, 1.807) is 47.6 Å². The largest absolute Gasteiger partial charge is 0.486 e. The lowest BCUT2D eigenvalue weighted by Gasteiger charge is -2.38. The van der Waals surface area contributed by atoms with Crippen molar-refractivity contribution in [2.75, 3.05) is 32.1 Å². The highest BCUT2D eigenvalue weighted by Gasteiger charge is 2.34. The van der Waals surface area contributed by atoms with Crippen LogP contribution in [0.15, 0.2) is 73.1 Å². The van der Waals surface area contributed by atoms with Gasteiger partial charge in [0, 0.05) is 43.5 Å². The molecule has 0 saturated carbocycles. The van der Waals surface area contributed by atoms with Gasteiger partial charge < -0.3 is 20.1 Å². The molecule has 2 aromatic carbocycles. The number of fused-ring (bicyclic) bond motifs is 1. The van der Waals surface area contributed by atoms with Crippen LogP contribution in [-0.4, -0.2) is 70.6 Å². The van der Waals surface area contributed by atoms with E-state index in [0.29, 0.717) is 35.7 Å². The summed E-state index contributed by atoms with van der Waals surface area (Å²) in [7, 11) is 2.04. The van der Waals surface area contributed by atoms with Crippen LogP contribution in [0.2, 0.25) is 0 Å². The maximum absolute atomic E-state index is 13.6. The van der Waals surface area contributed by atoms with Gasteiger partial charge in [0.05, 0.1) is 23.9 Å². The van der Waals surface area contributed by atoms with Crippen molar-refractivity contribution in [1.82, 2.24) is 14.8 Å². The molecule has 0 fully saturated rings. The maximum Gasteiger partial charge on any atom is 0.258 e. The summed E-state index contributed by atoms with van der Waals surface area (Å²) in [5.74, 6) is -0.247. The number of carbonyl (C=O) groups is 2. The van der Waals surface area contributed by atoms with E-state index >= 15 is 0 Å². The van der Waals surface area contributed by atoms with E-state index in [4.69, 9.17) is 4.74 Å². The molecule has 8 nitrogen and oxygen atoms in total. The van der Waals surface area contributed by atoms with Gasteiger partial charge in [0.1, 0.15) is 6.10 Å². The minimum absolute atomic E-state index is 0.0340.